The van der Waals surface area contributed by atoms with E-state index in [1.165, 1.54) is 12.1 Å². The van der Waals surface area contributed by atoms with Gasteiger partial charge in [-0.2, -0.15) is 5.10 Å². The summed E-state index contributed by atoms with van der Waals surface area (Å²) in [5, 5.41) is 7.16. The Morgan fingerprint density at radius 3 is 2.83 bits per heavy atom. The SMILES string of the molecule is CCc1n[nH]c(CC2CCN(C(=O)Cc3cccc(F)c3)CC2)n1. The highest BCUT2D eigenvalue weighted by Crippen LogP contribution is 2.21. The van der Waals surface area contributed by atoms with Gasteiger partial charge in [0.05, 0.1) is 6.42 Å². The molecule has 0 aliphatic carbocycles. The molecule has 0 radical (unpaired) electrons. The van der Waals surface area contributed by atoms with Gasteiger partial charge in [-0.3, -0.25) is 9.89 Å². The maximum atomic E-state index is 13.2. The van der Waals surface area contributed by atoms with E-state index in [0.717, 1.165) is 56.0 Å². The lowest BCUT2D eigenvalue weighted by Crippen LogP contribution is -2.39. The molecule has 24 heavy (non-hydrogen) atoms. The monoisotopic (exact) mass is 330 g/mol. The summed E-state index contributed by atoms with van der Waals surface area (Å²) in [4.78, 5) is 18.7. The molecule has 5 nitrogen and oxygen atoms in total. The van der Waals surface area contributed by atoms with E-state index >= 15 is 0 Å². The summed E-state index contributed by atoms with van der Waals surface area (Å²) in [5.41, 5.74) is 0.732. The number of H-pyrrole nitrogens is 1. The van der Waals surface area contributed by atoms with Crippen LogP contribution in [0.5, 0.6) is 0 Å². The zero-order valence-electron chi connectivity index (χ0n) is 14.0. The van der Waals surface area contributed by atoms with Gasteiger partial charge in [-0.1, -0.05) is 19.1 Å². The van der Waals surface area contributed by atoms with Crippen molar-refractivity contribution < 1.29 is 9.18 Å². The standard InChI is InChI=1S/C18H23FN4O/c1-2-16-20-17(22-21-16)11-13-6-8-23(9-7-13)18(24)12-14-4-3-5-15(19)10-14/h3-5,10,13H,2,6-9,11-12H2,1H3,(H,20,21,22). The number of likely N-dealkylation sites (tertiary alicyclic amines) is 1. The molecule has 1 amide bonds. The molecule has 0 saturated carbocycles. The lowest BCUT2D eigenvalue weighted by atomic mass is 9.93. The highest BCUT2D eigenvalue weighted by molar-refractivity contribution is 5.78. The predicted octanol–water partition coefficient (Wildman–Crippen LogP) is 2.53. The van der Waals surface area contributed by atoms with E-state index in [4.69, 9.17) is 0 Å². The molecule has 2 aromatic rings. The van der Waals surface area contributed by atoms with Crippen LogP contribution in [-0.4, -0.2) is 39.1 Å². The minimum absolute atomic E-state index is 0.0759. The van der Waals surface area contributed by atoms with E-state index in [1.807, 2.05) is 11.8 Å². The molecule has 0 bridgehead atoms. The van der Waals surface area contributed by atoms with Crippen molar-refractivity contribution in [2.24, 2.45) is 5.92 Å². The molecule has 1 saturated heterocycles. The van der Waals surface area contributed by atoms with Gasteiger partial charge < -0.3 is 4.90 Å². The number of amides is 1. The van der Waals surface area contributed by atoms with Gasteiger partial charge in [0, 0.05) is 25.9 Å². The van der Waals surface area contributed by atoms with Gasteiger partial charge in [-0.05, 0) is 36.5 Å². The van der Waals surface area contributed by atoms with Gasteiger partial charge in [0.15, 0.2) is 0 Å². The van der Waals surface area contributed by atoms with Crippen LogP contribution in [0.2, 0.25) is 0 Å². The number of nitrogens with zero attached hydrogens (tertiary/aromatic N) is 3. The van der Waals surface area contributed by atoms with Crippen molar-refractivity contribution in [1.29, 1.82) is 0 Å². The highest BCUT2D eigenvalue weighted by Gasteiger charge is 2.23. The Morgan fingerprint density at radius 1 is 1.38 bits per heavy atom. The fourth-order valence-electron chi connectivity index (χ4n) is 3.18. The molecule has 1 aliphatic rings. The average Bonchev–Trinajstić information content (AvgIpc) is 3.03. The van der Waals surface area contributed by atoms with Gasteiger partial charge in [-0.25, -0.2) is 9.37 Å². The summed E-state index contributed by atoms with van der Waals surface area (Å²) in [6.07, 6.45) is 3.93. The molecular weight excluding hydrogens is 307 g/mol. The summed E-state index contributed by atoms with van der Waals surface area (Å²) >= 11 is 0. The van der Waals surface area contributed by atoms with Crippen molar-refractivity contribution in [3.05, 3.63) is 47.3 Å². The summed E-state index contributed by atoms with van der Waals surface area (Å²) in [7, 11) is 0. The van der Waals surface area contributed by atoms with E-state index in [-0.39, 0.29) is 18.1 Å². The van der Waals surface area contributed by atoms with E-state index < -0.39 is 0 Å². The molecular formula is C18H23FN4O. The topological polar surface area (TPSA) is 61.9 Å². The fraction of sp³-hybridized carbons (Fsp3) is 0.500. The number of carbonyl (C=O) groups excluding carboxylic acids is 1. The quantitative estimate of drug-likeness (QED) is 0.916. The second-order valence-corrected chi connectivity index (χ2v) is 6.39. The van der Waals surface area contributed by atoms with Gasteiger partial charge in [0.25, 0.3) is 0 Å². The normalized spacial score (nSPS) is 15.7. The first-order chi connectivity index (χ1) is 11.6. The van der Waals surface area contributed by atoms with Gasteiger partial charge >= 0.3 is 0 Å². The fourth-order valence-corrected chi connectivity index (χ4v) is 3.18. The first-order valence-corrected chi connectivity index (χ1v) is 8.56. The highest BCUT2D eigenvalue weighted by atomic mass is 19.1. The molecule has 1 aromatic carbocycles. The second-order valence-electron chi connectivity index (χ2n) is 6.39. The maximum absolute atomic E-state index is 13.2. The number of aryl methyl sites for hydroxylation is 1. The molecule has 1 aliphatic heterocycles. The van der Waals surface area contributed by atoms with E-state index in [9.17, 15) is 9.18 Å². The van der Waals surface area contributed by atoms with Gasteiger partial charge in [-0.15, -0.1) is 0 Å². The molecule has 1 aromatic heterocycles. The Hall–Kier alpha value is -2.24. The Bertz CT molecular complexity index is 692. The first-order valence-electron chi connectivity index (χ1n) is 8.56. The minimum atomic E-state index is -0.294. The van der Waals surface area contributed by atoms with Crippen LogP contribution in [0.4, 0.5) is 4.39 Å². The Balaban J connectivity index is 1.48. The predicted molar refractivity (Wildman–Crippen MR) is 88.9 cm³/mol. The van der Waals surface area contributed by atoms with E-state index in [0.29, 0.717) is 5.92 Å². The molecule has 1 fully saturated rings. The van der Waals surface area contributed by atoms with Crippen LogP contribution in [0.3, 0.4) is 0 Å². The van der Waals surface area contributed by atoms with Gasteiger partial charge in [0.1, 0.15) is 17.5 Å². The zero-order chi connectivity index (χ0) is 16.9. The smallest absolute Gasteiger partial charge is 0.226 e. The average molecular weight is 330 g/mol. The summed E-state index contributed by atoms with van der Waals surface area (Å²) in [6.45, 7) is 3.55. The van der Waals surface area contributed by atoms with Crippen LogP contribution >= 0.6 is 0 Å². The van der Waals surface area contributed by atoms with Crippen molar-refractivity contribution >= 4 is 5.91 Å². The molecule has 1 N–H and O–H groups in total. The van der Waals surface area contributed by atoms with Crippen LogP contribution in [-0.2, 0) is 24.1 Å². The molecule has 0 spiro atoms. The second kappa shape index (κ2) is 7.55. The Morgan fingerprint density at radius 2 is 2.17 bits per heavy atom. The molecule has 0 atom stereocenters. The van der Waals surface area contributed by atoms with Gasteiger partial charge in [0.2, 0.25) is 5.91 Å². The van der Waals surface area contributed by atoms with Crippen LogP contribution in [0, 0.1) is 11.7 Å². The minimum Gasteiger partial charge on any atom is -0.342 e. The first kappa shape index (κ1) is 16.6. The third-order valence-electron chi connectivity index (χ3n) is 4.59. The Kier molecular flexibility index (Phi) is 5.23. The number of aromatic nitrogens is 3. The largest absolute Gasteiger partial charge is 0.342 e. The van der Waals surface area contributed by atoms with Crippen molar-refractivity contribution in [3.63, 3.8) is 0 Å². The molecule has 6 heteroatoms. The van der Waals surface area contributed by atoms with E-state index in [1.54, 1.807) is 12.1 Å². The third kappa shape index (κ3) is 4.19. The number of nitrogens with one attached hydrogen (secondary N) is 1. The molecule has 128 valence electrons. The van der Waals surface area contributed by atoms with Crippen molar-refractivity contribution in [1.82, 2.24) is 20.1 Å². The summed E-state index contributed by atoms with van der Waals surface area (Å²) in [6, 6.07) is 6.27. The zero-order valence-corrected chi connectivity index (χ0v) is 14.0. The number of piperidine rings is 1. The van der Waals surface area contributed by atoms with Crippen LogP contribution in [0.15, 0.2) is 24.3 Å². The molecule has 2 heterocycles. The number of benzene rings is 1. The molecule has 0 unspecified atom stereocenters. The van der Waals surface area contributed by atoms with E-state index in [2.05, 4.69) is 15.2 Å². The van der Waals surface area contributed by atoms with Crippen LogP contribution in [0.25, 0.3) is 0 Å². The van der Waals surface area contributed by atoms with Crippen LogP contribution < -0.4 is 0 Å². The molecule has 3 rings (SSSR count). The lowest BCUT2D eigenvalue weighted by molar-refractivity contribution is -0.131. The summed E-state index contributed by atoms with van der Waals surface area (Å²) < 4.78 is 13.2. The van der Waals surface area contributed by atoms with Crippen LogP contribution in [0.1, 0.15) is 37.0 Å². The number of hydrogen-bond donors (Lipinski definition) is 1. The Labute approximate surface area is 141 Å². The number of rotatable bonds is 5. The lowest BCUT2D eigenvalue weighted by Gasteiger charge is -2.31. The number of aromatic amines is 1. The summed E-state index contributed by atoms with van der Waals surface area (Å²) in [5.74, 6) is 2.11. The van der Waals surface area contributed by atoms with Crippen molar-refractivity contribution in [2.45, 2.75) is 39.0 Å². The maximum Gasteiger partial charge on any atom is 0.226 e. The number of carbonyl (C=O) groups is 1. The third-order valence-corrected chi connectivity index (χ3v) is 4.59. The van der Waals surface area contributed by atoms with Crippen molar-refractivity contribution in [2.75, 3.05) is 13.1 Å². The van der Waals surface area contributed by atoms with Crippen molar-refractivity contribution in [3.8, 4) is 0 Å². The number of hydrogen-bond acceptors (Lipinski definition) is 3. The number of halogens is 1.